The Hall–Kier alpha value is -2.51. The van der Waals surface area contributed by atoms with Crippen molar-refractivity contribution in [3.8, 4) is 10.6 Å². The number of hydrogen-bond acceptors (Lipinski definition) is 4. The molecule has 3 heterocycles. The van der Waals surface area contributed by atoms with Crippen molar-refractivity contribution >= 4 is 44.1 Å². The summed E-state index contributed by atoms with van der Waals surface area (Å²) in [6.45, 7) is 0.433. The van der Waals surface area contributed by atoms with Crippen molar-refractivity contribution in [3.05, 3.63) is 69.8 Å². The van der Waals surface area contributed by atoms with Crippen molar-refractivity contribution in [3.63, 3.8) is 0 Å². The first-order valence-electron chi connectivity index (χ1n) is 8.01. The van der Waals surface area contributed by atoms with E-state index in [1.807, 2.05) is 47.8 Å². The van der Waals surface area contributed by atoms with E-state index in [2.05, 4.69) is 31.3 Å². The summed E-state index contributed by atoms with van der Waals surface area (Å²) in [4.78, 5) is 18.2. The van der Waals surface area contributed by atoms with Crippen molar-refractivity contribution in [1.82, 2.24) is 20.1 Å². The quantitative estimate of drug-likeness (QED) is 0.526. The lowest BCUT2D eigenvalue weighted by molar-refractivity contribution is 0.0943. The van der Waals surface area contributed by atoms with Crippen molar-refractivity contribution < 1.29 is 4.79 Å². The molecule has 0 saturated heterocycles. The molecule has 4 rings (SSSR count). The van der Waals surface area contributed by atoms with E-state index in [0.29, 0.717) is 12.2 Å². The van der Waals surface area contributed by atoms with Crippen LogP contribution in [0.4, 0.5) is 0 Å². The second kappa shape index (κ2) is 7.01. The average Bonchev–Trinajstić information content (AvgIpc) is 3.27. The summed E-state index contributed by atoms with van der Waals surface area (Å²) in [5, 5.41) is 10.3. The first kappa shape index (κ1) is 16.9. The number of fused-ring (bicyclic) bond motifs is 1. The molecule has 0 spiro atoms. The standard InChI is InChI=1S/C19H15BrN4OS/c1-24-18(14-5-4-13(20)10-15(14)23-24)19(25)22-11-12-6-7-21-16(9-12)17-3-2-8-26-17/h2-10H,11H2,1H3,(H,22,25). The SMILES string of the molecule is Cn1nc2cc(Br)ccc2c1C(=O)NCc1ccnc(-c2cccs2)c1. The largest absolute Gasteiger partial charge is 0.347 e. The molecule has 5 nitrogen and oxygen atoms in total. The van der Waals surface area contributed by atoms with Gasteiger partial charge in [0.1, 0.15) is 5.69 Å². The average molecular weight is 427 g/mol. The molecule has 0 radical (unpaired) electrons. The van der Waals surface area contributed by atoms with E-state index in [0.717, 1.165) is 31.5 Å². The highest BCUT2D eigenvalue weighted by atomic mass is 79.9. The van der Waals surface area contributed by atoms with Crippen LogP contribution in [0.3, 0.4) is 0 Å². The number of thiophene rings is 1. The number of amides is 1. The summed E-state index contributed by atoms with van der Waals surface area (Å²) in [7, 11) is 1.78. The van der Waals surface area contributed by atoms with Crippen LogP contribution in [0.2, 0.25) is 0 Å². The molecule has 4 aromatic rings. The second-order valence-corrected chi connectivity index (χ2v) is 7.71. The van der Waals surface area contributed by atoms with Crippen LogP contribution in [-0.2, 0) is 13.6 Å². The number of carbonyl (C=O) groups excluding carboxylic acids is 1. The molecule has 1 aromatic carbocycles. The first-order valence-corrected chi connectivity index (χ1v) is 9.68. The van der Waals surface area contributed by atoms with Crippen molar-refractivity contribution in [2.24, 2.45) is 7.05 Å². The van der Waals surface area contributed by atoms with E-state index in [1.54, 1.807) is 29.3 Å². The van der Waals surface area contributed by atoms with Crippen LogP contribution >= 0.6 is 27.3 Å². The van der Waals surface area contributed by atoms with E-state index in [-0.39, 0.29) is 5.91 Å². The van der Waals surface area contributed by atoms with Crippen LogP contribution in [0.25, 0.3) is 21.5 Å². The first-order chi connectivity index (χ1) is 12.6. The van der Waals surface area contributed by atoms with Crippen LogP contribution in [0.1, 0.15) is 16.1 Å². The number of halogens is 1. The van der Waals surface area contributed by atoms with Gasteiger partial charge >= 0.3 is 0 Å². The second-order valence-electron chi connectivity index (χ2n) is 5.84. The lowest BCUT2D eigenvalue weighted by Crippen LogP contribution is -2.25. The topological polar surface area (TPSA) is 59.8 Å². The predicted octanol–water partition coefficient (Wildman–Crippen LogP) is 4.39. The van der Waals surface area contributed by atoms with Gasteiger partial charge in [-0.05, 0) is 47.3 Å². The van der Waals surface area contributed by atoms with Gasteiger partial charge in [0, 0.05) is 29.6 Å². The number of hydrogen-bond donors (Lipinski definition) is 1. The summed E-state index contributed by atoms with van der Waals surface area (Å²) in [6.07, 6.45) is 1.77. The Balaban J connectivity index is 1.55. The van der Waals surface area contributed by atoms with E-state index in [1.165, 1.54) is 0 Å². The fourth-order valence-corrected chi connectivity index (χ4v) is 3.89. The third-order valence-electron chi connectivity index (χ3n) is 4.06. The van der Waals surface area contributed by atoms with E-state index in [4.69, 9.17) is 0 Å². The highest BCUT2D eigenvalue weighted by Gasteiger charge is 2.16. The maximum atomic E-state index is 12.7. The molecule has 7 heteroatoms. The minimum atomic E-state index is -0.146. The van der Waals surface area contributed by atoms with Crippen LogP contribution in [0, 0.1) is 0 Å². The number of nitrogens with zero attached hydrogens (tertiary/aromatic N) is 3. The van der Waals surface area contributed by atoms with Crippen molar-refractivity contribution in [2.75, 3.05) is 0 Å². The fourth-order valence-electron chi connectivity index (χ4n) is 2.85. The molecule has 26 heavy (non-hydrogen) atoms. The molecule has 130 valence electrons. The number of aryl methyl sites for hydroxylation is 1. The summed E-state index contributed by atoms with van der Waals surface area (Å²) in [6, 6.07) is 13.7. The van der Waals surface area contributed by atoms with Crippen LogP contribution in [0.15, 0.2) is 58.5 Å². The molecule has 1 N–H and O–H groups in total. The minimum Gasteiger partial charge on any atom is -0.347 e. The van der Waals surface area contributed by atoms with Gasteiger partial charge < -0.3 is 5.32 Å². The number of rotatable bonds is 4. The van der Waals surface area contributed by atoms with Gasteiger partial charge in [-0.1, -0.05) is 22.0 Å². The minimum absolute atomic E-state index is 0.146. The normalized spacial score (nSPS) is 11.0. The smallest absolute Gasteiger partial charge is 0.270 e. The molecule has 0 aliphatic carbocycles. The zero-order valence-corrected chi connectivity index (χ0v) is 16.3. The van der Waals surface area contributed by atoms with Gasteiger partial charge in [-0.2, -0.15) is 5.10 Å². The van der Waals surface area contributed by atoms with Crippen LogP contribution in [-0.4, -0.2) is 20.7 Å². The molecule has 0 fully saturated rings. The maximum Gasteiger partial charge on any atom is 0.270 e. The van der Waals surface area contributed by atoms with Crippen molar-refractivity contribution in [1.29, 1.82) is 0 Å². The molecule has 0 aliphatic rings. The molecular weight excluding hydrogens is 412 g/mol. The summed E-state index contributed by atoms with van der Waals surface area (Å²) in [5.74, 6) is -0.146. The molecule has 0 bridgehead atoms. The third kappa shape index (κ3) is 3.27. The van der Waals surface area contributed by atoms with Gasteiger partial charge in [0.15, 0.2) is 0 Å². The van der Waals surface area contributed by atoms with Crippen molar-refractivity contribution in [2.45, 2.75) is 6.54 Å². The Bertz CT molecular complexity index is 1090. The van der Waals surface area contributed by atoms with Crippen LogP contribution < -0.4 is 5.32 Å². The molecular formula is C19H15BrN4OS. The van der Waals surface area contributed by atoms with E-state index >= 15 is 0 Å². The molecule has 0 aliphatic heterocycles. The zero-order valence-electron chi connectivity index (χ0n) is 13.9. The molecule has 1 amide bonds. The predicted molar refractivity (Wildman–Crippen MR) is 107 cm³/mol. The Morgan fingerprint density at radius 1 is 1.27 bits per heavy atom. The fraction of sp³-hybridized carbons (Fsp3) is 0.105. The Morgan fingerprint density at radius 3 is 2.96 bits per heavy atom. The number of aromatic nitrogens is 3. The summed E-state index contributed by atoms with van der Waals surface area (Å²) < 4.78 is 2.56. The maximum absolute atomic E-state index is 12.7. The van der Waals surface area contributed by atoms with Crippen LogP contribution in [0.5, 0.6) is 0 Å². The van der Waals surface area contributed by atoms with E-state index < -0.39 is 0 Å². The highest BCUT2D eigenvalue weighted by molar-refractivity contribution is 9.10. The van der Waals surface area contributed by atoms with Gasteiger partial charge in [-0.3, -0.25) is 14.5 Å². The number of nitrogens with one attached hydrogen (secondary N) is 1. The van der Waals surface area contributed by atoms with Gasteiger partial charge in [0.05, 0.1) is 16.1 Å². The third-order valence-corrected chi connectivity index (χ3v) is 5.45. The van der Waals surface area contributed by atoms with Gasteiger partial charge in [-0.15, -0.1) is 11.3 Å². The highest BCUT2D eigenvalue weighted by Crippen LogP contribution is 2.24. The van der Waals surface area contributed by atoms with E-state index in [9.17, 15) is 4.79 Å². The summed E-state index contributed by atoms with van der Waals surface area (Å²) in [5.41, 5.74) is 3.27. The Kier molecular flexibility index (Phi) is 4.57. The monoisotopic (exact) mass is 426 g/mol. The zero-order chi connectivity index (χ0) is 18.1. The molecule has 0 atom stereocenters. The summed E-state index contributed by atoms with van der Waals surface area (Å²) >= 11 is 5.08. The molecule has 0 saturated carbocycles. The van der Waals surface area contributed by atoms with Gasteiger partial charge in [0.2, 0.25) is 0 Å². The molecule has 3 aromatic heterocycles. The Morgan fingerprint density at radius 2 is 2.15 bits per heavy atom. The van der Waals surface area contributed by atoms with Gasteiger partial charge in [0.25, 0.3) is 5.91 Å². The number of carbonyl (C=O) groups is 1. The van der Waals surface area contributed by atoms with Gasteiger partial charge in [-0.25, -0.2) is 0 Å². The Labute approximate surface area is 162 Å². The lowest BCUT2D eigenvalue weighted by atomic mass is 10.2. The lowest BCUT2D eigenvalue weighted by Gasteiger charge is -2.07. The molecule has 0 unspecified atom stereocenters. The number of pyridine rings is 1. The number of benzene rings is 1.